The number of nitrogens with one attached hydrogen (secondary N) is 1. The highest BCUT2D eigenvalue weighted by Crippen LogP contribution is 2.18. The van der Waals surface area contributed by atoms with Crippen LogP contribution in [0.1, 0.15) is 18.5 Å². The number of ether oxygens (including phenoxy) is 1. The third-order valence-electron chi connectivity index (χ3n) is 3.80. The lowest BCUT2D eigenvalue weighted by Gasteiger charge is -2.34. The molecule has 2 saturated heterocycles. The molecular formula is C14H19N5O3. The smallest absolute Gasteiger partial charge is 0.328 e. The summed E-state index contributed by atoms with van der Waals surface area (Å²) < 4.78 is 5.79. The highest BCUT2D eigenvalue weighted by molar-refractivity contribution is 5.95. The molecule has 0 aromatic carbocycles. The standard InChI is InChI=1S/C14H19N5O3/c1-10-4-5-12(17-16-10)22-11-3-2-7-18(9-11)14(21)19-8-6-15-13(19)20/h4-5,11H,2-3,6-9H2,1H3,(H,15,20)/t11-/m0/s1. The van der Waals surface area contributed by atoms with Crippen LogP contribution < -0.4 is 10.1 Å². The van der Waals surface area contributed by atoms with E-state index < -0.39 is 0 Å². The zero-order valence-electron chi connectivity index (χ0n) is 12.5. The number of likely N-dealkylation sites (tertiary alicyclic amines) is 1. The SMILES string of the molecule is Cc1ccc(O[C@H]2CCCN(C(=O)N3CCNC3=O)C2)nn1. The molecule has 0 spiro atoms. The van der Waals surface area contributed by atoms with Crippen LogP contribution in [0.3, 0.4) is 0 Å². The van der Waals surface area contributed by atoms with Gasteiger partial charge in [0, 0.05) is 25.7 Å². The third-order valence-corrected chi connectivity index (χ3v) is 3.80. The van der Waals surface area contributed by atoms with Gasteiger partial charge in [-0.2, -0.15) is 5.10 Å². The topological polar surface area (TPSA) is 87.7 Å². The van der Waals surface area contributed by atoms with Gasteiger partial charge in [0.15, 0.2) is 0 Å². The molecule has 0 aliphatic carbocycles. The van der Waals surface area contributed by atoms with Gasteiger partial charge in [-0.25, -0.2) is 14.5 Å². The molecule has 3 heterocycles. The summed E-state index contributed by atoms with van der Waals surface area (Å²) in [6.07, 6.45) is 1.57. The van der Waals surface area contributed by atoms with Crippen molar-refractivity contribution < 1.29 is 14.3 Å². The van der Waals surface area contributed by atoms with Gasteiger partial charge in [0.1, 0.15) is 6.10 Å². The molecule has 8 heteroatoms. The molecular weight excluding hydrogens is 286 g/mol. The zero-order chi connectivity index (χ0) is 15.5. The average Bonchev–Trinajstić information content (AvgIpc) is 2.95. The van der Waals surface area contributed by atoms with Gasteiger partial charge in [0.25, 0.3) is 0 Å². The van der Waals surface area contributed by atoms with Crippen molar-refractivity contribution in [1.29, 1.82) is 0 Å². The fourth-order valence-electron chi connectivity index (χ4n) is 2.65. The summed E-state index contributed by atoms with van der Waals surface area (Å²) >= 11 is 0. The number of amides is 4. The molecule has 1 N–H and O–H groups in total. The van der Waals surface area contributed by atoms with Crippen LogP contribution in [0.15, 0.2) is 12.1 Å². The lowest BCUT2D eigenvalue weighted by atomic mass is 10.1. The second kappa shape index (κ2) is 6.17. The number of hydrogen-bond acceptors (Lipinski definition) is 5. The molecule has 2 aliphatic heterocycles. The Morgan fingerprint density at radius 3 is 2.91 bits per heavy atom. The Morgan fingerprint density at radius 2 is 2.23 bits per heavy atom. The van der Waals surface area contributed by atoms with Gasteiger partial charge in [-0.1, -0.05) is 0 Å². The highest BCUT2D eigenvalue weighted by Gasteiger charge is 2.33. The van der Waals surface area contributed by atoms with Gasteiger partial charge in [-0.05, 0) is 25.8 Å². The van der Waals surface area contributed by atoms with E-state index in [4.69, 9.17) is 4.74 Å². The summed E-state index contributed by atoms with van der Waals surface area (Å²) in [6, 6.07) is 3.04. The van der Waals surface area contributed by atoms with Crippen molar-refractivity contribution in [1.82, 2.24) is 25.3 Å². The summed E-state index contributed by atoms with van der Waals surface area (Å²) in [5.74, 6) is 0.462. The Kier molecular flexibility index (Phi) is 4.08. The highest BCUT2D eigenvalue weighted by atomic mass is 16.5. The van der Waals surface area contributed by atoms with Crippen LogP contribution >= 0.6 is 0 Å². The zero-order valence-corrected chi connectivity index (χ0v) is 12.5. The Morgan fingerprint density at radius 1 is 1.36 bits per heavy atom. The molecule has 0 bridgehead atoms. The van der Waals surface area contributed by atoms with Gasteiger partial charge in [-0.3, -0.25) is 0 Å². The molecule has 0 unspecified atom stereocenters. The molecule has 2 fully saturated rings. The number of aromatic nitrogens is 2. The van der Waals surface area contributed by atoms with Crippen LogP contribution in [0.25, 0.3) is 0 Å². The number of piperidine rings is 1. The molecule has 118 valence electrons. The molecule has 22 heavy (non-hydrogen) atoms. The van der Waals surface area contributed by atoms with E-state index >= 15 is 0 Å². The Bertz CT molecular complexity index is 562. The largest absolute Gasteiger partial charge is 0.471 e. The molecule has 4 amide bonds. The van der Waals surface area contributed by atoms with Crippen molar-refractivity contribution in [3.8, 4) is 5.88 Å². The predicted molar refractivity (Wildman–Crippen MR) is 77.5 cm³/mol. The van der Waals surface area contributed by atoms with Crippen molar-refractivity contribution in [2.45, 2.75) is 25.9 Å². The summed E-state index contributed by atoms with van der Waals surface area (Å²) in [4.78, 5) is 26.9. The molecule has 1 aromatic rings. The summed E-state index contributed by atoms with van der Waals surface area (Å²) in [5.41, 5.74) is 0.827. The molecule has 2 aliphatic rings. The number of hydrogen-bond donors (Lipinski definition) is 1. The number of imide groups is 1. The molecule has 0 radical (unpaired) electrons. The van der Waals surface area contributed by atoms with E-state index in [2.05, 4.69) is 15.5 Å². The minimum Gasteiger partial charge on any atom is -0.471 e. The molecule has 3 rings (SSSR count). The van der Waals surface area contributed by atoms with Crippen molar-refractivity contribution in [2.75, 3.05) is 26.2 Å². The quantitative estimate of drug-likeness (QED) is 0.872. The number of carbonyl (C=O) groups excluding carboxylic acids is 2. The van der Waals surface area contributed by atoms with E-state index in [1.807, 2.05) is 13.0 Å². The van der Waals surface area contributed by atoms with Gasteiger partial charge in [-0.15, -0.1) is 5.10 Å². The molecule has 0 saturated carbocycles. The fraction of sp³-hybridized carbons (Fsp3) is 0.571. The minimum absolute atomic E-state index is 0.125. The molecule has 8 nitrogen and oxygen atoms in total. The van der Waals surface area contributed by atoms with Gasteiger partial charge < -0.3 is 15.0 Å². The predicted octanol–water partition coefficient (Wildman–Crippen LogP) is 0.773. The first-order valence-electron chi connectivity index (χ1n) is 7.45. The van der Waals surface area contributed by atoms with Crippen LogP contribution in [0, 0.1) is 6.92 Å². The van der Waals surface area contributed by atoms with E-state index in [1.165, 1.54) is 4.90 Å². The second-order valence-electron chi connectivity index (χ2n) is 5.51. The lowest BCUT2D eigenvalue weighted by Crippen LogP contribution is -2.50. The molecule has 1 aromatic heterocycles. The van der Waals surface area contributed by atoms with Gasteiger partial charge in [0.05, 0.1) is 12.2 Å². The van der Waals surface area contributed by atoms with Crippen LogP contribution in [0.4, 0.5) is 9.59 Å². The Labute approximate surface area is 128 Å². The van der Waals surface area contributed by atoms with Crippen LogP contribution in [0.5, 0.6) is 5.88 Å². The van der Waals surface area contributed by atoms with E-state index in [0.29, 0.717) is 32.1 Å². The van der Waals surface area contributed by atoms with E-state index in [-0.39, 0.29) is 18.2 Å². The summed E-state index contributed by atoms with van der Waals surface area (Å²) in [7, 11) is 0. The van der Waals surface area contributed by atoms with E-state index in [1.54, 1.807) is 11.0 Å². The monoisotopic (exact) mass is 305 g/mol. The maximum atomic E-state index is 12.4. The second-order valence-corrected chi connectivity index (χ2v) is 5.51. The number of urea groups is 2. The maximum absolute atomic E-state index is 12.4. The minimum atomic E-state index is -0.322. The van der Waals surface area contributed by atoms with Gasteiger partial charge in [0.2, 0.25) is 5.88 Å². The summed E-state index contributed by atoms with van der Waals surface area (Å²) in [5, 5.41) is 10.6. The first-order valence-corrected chi connectivity index (χ1v) is 7.45. The van der Waals surface area contributed by atoms with Crippen LogP contribution in [0.2, 0.25) is 0 Å². The van der Waals surface area contributed by atoms with Crippen molar-refractivity contribution >= 4 is 12.1 Å². The van der Waals surface area contributed by atoms with Crippen LogP contribution in [-0.4, -0.2) is 64.3 Å². The first-order chi connectivity index (χ1) is 10.6. The number of aryl methyl sites for hydroxylation is 1. The van der Waals surface area contributed by atoms with E-state index in [9.17, 15) is 9.59 Å². The maximum Gasteiger partial charge on any atom is 0.328 e. The Hall–Kier alpha value is -2.38. The van der Waals surface area contributed by atoms with E-state index in [0.717, 1.165) is 18.5 Å². The van der Waals surface area contributed by atoms with Crippen molar-refractivity contribution in [3.05, 3.63) is 17.8 Å². The van der Waals surface area contributed by atoms with Crippen molar-refractivity contribution in [3.63, 3.8) is 0 Å². The average molecular weight is 305 g/mol. The fourth-order valence-corrected chi connectivity index (χ4v) is 2.65. The molecule has 1 atom stereocenters. The summed E-state index contributed by atoms with van der Waals surface area (Å²) in [6.45, 7) is 3.89. The Balaban J connectivity index is 1.60. The number of nitrogens with zero attached hydrogens (tertiary/aromatic N) is 4. The van der Waals surface area contributed by atoms with Crippen molar-refractivity contribution in [2.24, 2.45) is 0 Å². The third kappa shape index (κ3) is 3.10. The number of rotatable bonds is 2. The lowest BCUT2D eigenvalue weighted by molar-refractivity contribution is 0.0875. The van der Waals surface area contributed by atoms with Crippen LogP contribution in [-0.2, 0) is 0 Å². The normalized spacial score (nSPS) is 21.7. The van der Waals surface area contributed by atoms with Gasteiger partial charge >= 0.3 is 12.1 Å². The first kappa shape index (κ1) is 14.6. The number of carbonyl (C=O) groups is 2.